The number of amides is 1. The van der Waals surface area contributed by atoms with Crippen LogP contribution in [0.2, 0.25) is 0 Å². The molecule has 1 aromatic carbocycles. The van der Waals surface area contributed by atoms with Crippen LogP contribution in [-0.2, 0) is 4.79 Å². The third kappa shape index (κ3) is 4.24. The number of hydrogen-bond donors (Lipinski definition) is 2. The third-order valence-electron chi connectivity index (χ3n) is 3.85. The summed E-state index contributed by atoms with van der Waals surface area (Å²) in [6.07, 6.45) is 2.55. The highest BCUT2D eigenvalue weighted by Crippen LogP contribution is 2.33. The molecule has 0 bridgehead atoms. The predicted molar refractivity (Wildman–Crippen MR) is 94.9 cm³/mol. The van der Waals surface area contributed by atoms with Crippen LogP contribution >= 0.6 is 11.3 Å². The van der Waals surface area contributed by atoms with Crippen molar-refractivity contribution in [2.24, 2.45) is 5.92 Å². The Morgan fingerprint density at radius 2 is 2.08 bits per heavy atom. The molecule has 2 N–H and O–H groups in total. The second-order valence-electron chi connectivity index (χ2n) is 5.73. The molecular formula is C17H21N3O3S. The molecule has 0 radical (unpaired) electrons. The predicted octanol–water partition coefficient (Wildman–Crippen LogP) is 2.77. The van der Waals surface area contributed by atoms with Gasteiger partial charge in [0, 0.05) is 10.9 Å². The Labute approximate surface area is 145 Å². The molecule has 0 aliphatic heterocycles. The summed E-state index contributed by atoms with van der Waals surface area (Å²) in [4.78, 5) is 16.4. The number of carbonyl (C=O) groups excluding carboxylic acids is 1. The van der Waals surface area contributed by atoms with E-state index >= 15 is 0 Å². The first-order valence-corrected chi connectivity index (χ1v) is 8.76. The molecule has 6 nitrogen and oxygen atoms in total. The Morgan fingerprint density at radius 3 is 2.79 bits per heavy atom. The van der Waals surface area contributed by atoms with E-state index < -0.39 is 0 Å². The van der Waals surface area contributed by atoms with Gasteiger partial charge in [0.05, 0.1) is 26.5 Å². The average Bonchev–Trinajstić information content (AvgIpc) is 3.31. The number of benzene rings is 1. The average molecular weight is 347 g/mol. The number of aromatic nitrogens is 1. The monoisotopic (exact) mass is 347 g/mol. The molecule has 1 heterocycles. The fourth-order valence-electron chi connectivity index (χ4n) is 2.33. The standard InChI is InChI=1S/C17H21N3O3S/c1-22-14-6-5-12(7-15(14)23-2)13-10-24-17(19-13)20-16(21)9-18-8-11-3-4-11/h5-7,10-11,18H,3-4,8-9H2,1-2H3,(H,19,20,21). The van der Waals surface area contributed by atoms with Crippen LogP contribution < -0.4 is 20.1 Å². The SMILES string of the molecule is COc1ccc(-c2csc(NC(=O)CNCC3CC3)n2)cc1OC. The number of hydrogen-bond acceptors (Lipinski definition) is 6. The molecule has 1 amide bonds. The summed E-state index contributed by atoms with van der Waals surface area (Å²) in [6.45, 7) is 1.24. The first-order valence-electron chi connectivity index (χ1n) is 7.88. The van der Waals surface area contributed by atoms with Crippen molar-refractivity contribution in [3.63, 3.8) is 0 Å². The Balaban J connectivity index is 1.61. The zero-order valence-corrected chi connectivity index (χ0v) is 14.6. The van der Waals surface area contributed by atoms with Crippen molar-refractivity contribution in [1.82, 2.24) is 10.3 Å². The zero-order valence-electron chi connectivity index (χ0n) is 13.8. The van der Waals surface area contributed by atoms with E-state index in [4.69, 9.17) is 9.47 Å². The van der Waals surface area contributed by atoms with Gasteiger partial charge in [0.2, 0.25) is 5.91 Å². The van der Waals surface area contributed by atoms with Crippen LogP contribution in [0.15, 0.2) is 23.6 Å². The lowest BCUT2D eigenvalue weighted by atomic mass is 10.1. The Bertz CT molecular complexity index is 713. The minimum Gasteiger partial charge on any atom is -0.493 e. The maximum absolute atomic E-state index is 11.9. The quantitative estimate of drug-likeness (QED) is 0.768. The van der Waals surface area contributed by atoms with Crippen molar-refractivity contribution in [1.29, 1.82) is 0 Å². The largest absolute Gasteiger partial charge is 0.493 e. The van der Waals surface area contributed by atoms with Gasteiger partial charge in [0.25, 0.3) is 0 Å². The lowest BCUT2D eigenvalue weighted by molar-refractivity contribution is -0.115. The van der Waals surface area contributed by atoms with Crippen molar-refractivity contribution >= 4 is 22.4 Å². The van der Waals surface area contributed by atoms with E-state index in [1.54, 1.807) is 14.2 Å². The van der Waals surface area contributed by atoms with Gasteiger partial charge in [-0.3, -0.25) is 4.79 Å². The fraction of sp³-hybridized carbons (Fsp3) is 0.412. The molecular weight excluding hydrogens is 326 g/mol. The van der Waals surface area contributed by atoms with Crippen LogP contribution in [0.5, 0.6) is 11.5 Å². The van der Waals surface area contributed by atoms with E-state index in [2.05, 4.69) is 15.6 Å². The molecule has 1 aromatic heterocycles. The highest BCUT2D eigenvalue weighted by molar-refractivity contribution is 7.14. The van der Waals surface area contributed by atoms with Crippen LogP contribution in [0.4, 0.5) is 5.13 Å². The number of anilines is 1. The number of carbonyl (C=O) groups is 1. The lowest BCUT2D eigenvalue weighted by Crippen LogP contribution is -2.29. The van der Waals surface area contributed by atoms with Gasteiger partial charge in [0.15, 0.2) is 16.6 Å². The minimum absolute atomic E-state index is 0.0659. The summed E-state index contributed by atoms with van der Waals surface area (Å²) in [5, 5.41) is 8.50. The molecule has 2 aromatic rings. The number of nitrogens with one attached hydrogen (secondary N) is 2. The second kappa shape index (κ2) is 7.63. The van der Waals surface area contributed by atoms with Gasteiger partial charge < -0.3 is 20.1 Å². The van der Waals surface area contributed by atoms with Gasteiger partial charge >= 0.3 is 0 Å². The van der Waals surface area contributed by atoms with E-state index in [0.717, 1.165) is 23.7 Å². The van der Waals surface area contributed by atoms with Gasteiger partial charge in [-0.1, -0.05) is 0 Å². The van der Waals surface area contributed by atoms with Crippen LogP contribution in [0.25, 0.3) is 11.3 Å². The highest BCUT2D eigenvalue weighted by atomic mass is 32.1. The fourth-order valence-corrected chi connectivity index (χ4v) is 3.07. The normalized spacial score (nSPS) is 13.6. The Morgan fingerprint density at radius 1 is 1.29 bits per heavy atom. The third-order valence-corrected chi connectivity index (χ3v) is 4.60. The first-order chi connectivity index (χ1) is 11.7. The van der Waals surface area contributed by atoms with Crippen molar-refractivity contribution in [3.05, 3.63) is 23.6 Å². The summed E-state index contributed by atoms with van der Waals surface area (Å²) in [5.41, 5.74) is 1.71. The molecule has 0 saturated heterocycles. The van der Waals surface area contributed by atoms with E-state index in [-0.39, 0.29) is 5.91 Å². The molecule has 0 spiro atoms. The Kier molecular flexibility index (Phi) is 5.32. The van der Waals surface area contributed by atoms with Gasteiger partial charge in [0.1, 0.15) is 0 Å². The molecule has 128 valence electrons. The topological polar surface area (TPSA) is 72.5 Å². The van der Waals surface area contributed by atoms with Gasteiger partial charge in [-0.05, 0) is 43.5 Å². The number of thiazole rings is 1. The smallest absolute Gasteiger partial charge is 0.240 e. The van der Waals surface area contributed by atoms with Crippen LogP contribution in [0.3, 0.4) is 0 Å². The van der Waals surface area contributed by atoms with E-state index in [1.165, 1.54) is 24.2 Å². The zero-order chi connectivity index (χ0) is 16.9. The molecule has 1 saturated carbocycles. The van der Waals surface area contributed by atoms with Crippen LogP contribution in [0, 0.1) is 5.92 Å². The molecule has 0 unspecified atom stereocenters. The number of rotatable bonds is 8. The van der Waals surface area contributed by atoms with Gasteiger partial charge in [-0.25, -0.2) is 4.98 Å². The minimum atomic E-state index is -0.0659. The van der Waals surface area contributed by atoms with Crippen LogP contribution in [0.1, 0.15) is 12.8 Å². The van der Waals surface area contributed by atoms with E-state index in [0.29, 0.717) is 23.2 Å². The van der Waals surface area contributed by atoms with Gasteiger partial charge in [-0.2, -0.15) is 0 Å². The molecule has 1 aliphatic carbocycles. The lowest BCUT2D eigenvalue weighted by Gasteiger charge is -2.08. The highest BCUT2D eigenvalue weighted by Gasteiger charge is 2.20. The molecule has 1 aliphatic rings. The molecule has 3 rings (SSSR count). The van der Waals surface area contributed by atoms with E-state index in [9.17, 15) is 4.79 Å². The van der Waals surface area contributed by atoms with E-state index in [1.807, 2.05) is 23.6 Å². The molecule has 7 heteroatoms. The van der Waals surface area contributed by atoms with Crippen molar-refractivity contribution < 1.29 is 14.3 Å². The molecule has 24 heavy (non-hydrogen) atoms. The maximum Gasteiger partial charge on any atom is 0.240 e. The molecule has 0 atom stereocenters. The van der Waals surface area contributed by atoms with Crippen LogP contribution in [-0.4, -0.2) is 38.2 Å². The Hall–Kier alpha value is -2.12. The van der Waals surface area contributed by atoms with Gasteiger partial charge in [-0.15, -0.1) is 11.3 Å². The summed E-state index contributed by atoms with van der Waals surface area (Å²) in [6, 6.07) is 5.63. The van der Waals surface area contributed by atoms with Crippen molar-refractivity contribution in [3.8, 4) is 22.8 Å². The maximum atomic E-state index is 11.9. The summed E-state index contributed by atoms with van der Waals surface area (Å²) in [7, 11) is 3.20. The second-order valence-corrected chi connectivity index (χ2v) is 6.59. The summed E-state index contributed by atoms with van der Waals surface area (Å²) in [5.74, 6) is 2.02. The van der Waals surface area contributed by atoms with Crippen molar-refractivity contribution in [2.45, 2.75) is 12.8 Å². The van der Waals surface area contributed by atoms with Crippen molar-refractivity contribution in [2.75, 3.05) is 32.6 Å². The summed E-state index contributed by atoms with van der Waals surface area (Å²) < 4.78 is 10.5. The first kappa shape index (κ1) is 16.7. The number of nitrogens with zero attached hydrogens (tertiary/aromatic N) is 1. The number of ether oxygens (including phenoxy) is 2. The number of methoxy groups -OCH3 is 2. The summed E-state index contributed by atoms with van der Waals surface area (Å²) >= 11 is 1.41. The molecule has 1 fully saturated rings.